The predicted octanol–water partition coefficient (Wildman–Crippen LogP) is 3.99. The van der Waals surface area contributed by atoms with Gasteiger partial charge in [0, 0.05) is 49.9 Å². The van der Waals surface area contributed by atoms with Gasteiger partial charge in [-0.25, -0.2) is 9.97 Å². The van der Waals surface area contributed by atoms with E-state index in [-0.39, 0.29) is 5.91 Å². The fraction of sp³-hybridized carbons (Fsp3) is 0.385. The van der Waals surface area contributed by atoms with Crippen LogP contribution in [0.2, 0.25) is 0 Å². The summed E-state index contributed by atoms with van der Waals surface area (Å²) in [5, 5.41) is 2.93. The Labute approximate surface area is 190 Å². The van der Waals surface area contributed by atoms with Crippen molar-refractivity contribution in [2.45, 2.75) is 51.1 Å². The van der Waals surface area contributed by atoms with Crippen molar-refractivity contribution < 1.29 is 4.79 Å². The molecule has 1 aliphatic heterocycles. The fourth-order valence-electron chi connectivity index (χ4n) is 4.60. The molecule has 1 aromatic carbocycles. The molecule has 0 radical (unpaired) electrons. The van der Waals surface area contributed by atoms with Gasteiger partial charge in [-0.2, -0.15) is 0 Å². The molecule has 2 aromatic heterocycles. The molecule has 1 N–H and O–H groups in total. The van der Waals surface area contributed by atoms with Gasteiger partial charge >= 0.3 is 0 Å². The molecule has 0 bridgehead atoms. The summed E-state index contributed by atoms with van der Waals surface area (Å²) in [6.45, 7) is 5.73. The minimum atomic E-state index is -0.566. The monoisotopic (exact) mass is 429 g/mol. The molecule has 1 saturated heterocycles. The molecule has 32 heavy (non-hydrogen) atoms. The molecule has 166 valence electrons. The lowest BCUT2D eigenvalue weighted by molar-refractivity contribution is -0.131. The lowest BCUT2D eigenvalue weighted by atomic mass is 9.86. The number of hydrogen-bond donors (Lipinski definition) is 1. The highest BCUT2D eigenvalue weighted by Gasteiger charge is 2.46. The number of hydrogen-bond acceptors (Lipinski definition) is 5. The van der Waals surface area contributed by atoms with Crippen LogP contribution in [0.15, 0.2) is 61.2 Å². The quantitative estimate of drug-likeness (QED) is 0.615. The van der Waals surface area contributed by atoms with E-state index in [4.69, 9.17) is 0 Å². The van der Waals surface area contributed by atoms with E-state index >= 15 is 0 Å². The van der Waals surface area contributed by atoms with Crippen molar-refractivity contribution in [3.8, 4) is 11.1 Å². The maximum Gasteiger partial charge on any atom is 0.240 e. The van der Waals surface area contributed by atoms with Gasteiger partial charge in [0.1, 0.15) is 11.4 Å². The molecule has 6 heteroatoms. The molecule has 3 heterocycles. The first kappa shape index (κ1) is 22.1. The van der Waals surface area contributed by atoms with Gasteiger partial charge in [-0.05, 0) is 54.6 Å². The lowest BCUT2D eigenvalue weighted by Gasteiger charge is -2.37. The van der Waals surface area contributed by atoms with E-state index in [1.807, 2.05) is 24.5 Å². The Bertz CT molecular complexity index is 1030. The van der Waals surface area contributed by atoms with Crippen molar-refractivity contribution in [2.75, 3.05) is 13.6 Å². The smallest absolute Gasteiger partial charge is 0.240 e. The van der Waals surface area contributed by atoms with E-state index in [9.17, 15) is 4.79 Å². The van der Waals surface area contributed by atoms with Crippen molar-refractivity contribution in [3.63, 3.8) is 0 Å². The summed E-state index contributed by atoms with van der Waals surface area (Å²) in [7, 11) is 1.73. The predicted molar refractivity (Wildman–Crippen MR) is 126 cm³/mol. The van der Waals surface area contributed by atoms with Crippen molar-refractivity contribution in [1.29, 1.82) is 0 Å². The third kappa shape index (κ3) is 4.55. The van der Waals surface area contributed by atoms with E-state index in [2.05, 4.69) is 63.3 Å². The zero-order valence-corrected chi connectivity index (χ0v) is 19.1. The van der Waals surface area contributed by atoms with Gasteiger partial charge in [0.05, 0.1) is 0 Å². The fourth-order valence-corrected chi connectivity index (χ4v) is 4.60. The van der Waals surface area contributed by atoms with Gasteiger partial charge < -0.3 is 5.32 Å². The Morgan fingerprint density at radius 2 is 1.69 bits per heavy atom. The lowest BCUT2D eigenvalue weighted by Crippen LogP contribution is -2.56. The first-order chi connectivity index (χ1) is 15.5. The number of carbonyl (C=O) groups is 1. The third-order valence-corrected chi connectivity index (χ3v) is 6.35. The highest BCUT2D eigenvalue weighted by Crippen LogP contribution is 2.35. The zero-order chi connectivity index (χ0) is 22.6. The van der Waals surface area contributed by atoms with Gasteiger partial charge in [0.2, 0.25) is 5.91 Å². The number of aromatic nitrogens is 3. The second kappa shape index (κ2) is 9.57. The van der Waals surface area contributed by atoms with Gasteiger partial charge in [0.15, 0.2) is 0 Å². The van der Waals surface area contributed by atoms with Crippen LogP contribution in [0.3, 0.4) is 0 Å². The topological polar surface area (TPSA) is 71.0 Å². The number of nitrogens with one attached hydrogen (secondary N) is 1. The number of carbonyl (C=O) groups excluding carboxylic acids is 1. The number of likely N-dealkylation sites (tertiary alicyclic amines) is 1. The summed E-state index contributed by atoms with van der Waals surface area (Å²) < 4.78 is 0. The average molecular weight is 430 g/mol. The summed E-state index contributed by atoms with van der Waals surface area (Å²) in [6.07, 6.45) is 9.91. The van der Waals surface area contributed by atoms with Crippen molar-refractivity contribution in [1.82, 2.24) is 25.2 Å². The summed E-state index contributed by atoms with van der Waals surface area (Å²) >= 11 is 0. The molecule has 1 amide bonds. The van der Waals surface area contributed by atoms with Gasteiger partial charge in [0.25, 0.3) is 0 Å². The summed E-state index contributed by atoms with van der Waals surface area (Å²) in [4.78, 5) is 28.6. The number of likely N-dealkylation sites (N-methyl/N-ethyl adjacent to an activating group) is 1. The van der Waals surface area contributed by atoms with Crippen molar-refractivity contribution in [2.24, 2.45) is 0 Å². The van der Waals surface area contributed by atoms with Crippen LogP contribution in [0.25, 0.3) is 11.1 Å². The number of rotatable bonds is 7. The molecule has 0 aliphatic carbocycles. The molecular weight excluding hydrogens is 398 g/mol. The van der Waals surface area contributed by atoms with Crippen LogP contribution in [0, 0.1) is 0 Å². The highest BCUT2D eigenvalue weighted by molar-refractivity contribution is 5.87. The second-order valence-electron chi connectivity index (χ2n) is 8.85. The molecule has 0 spiro atoms. The van der Waals surface area contributed by atoms with E-state index in [1.54, 1.807) is 19.4 Å². The Kier molecular flexibility index (Phi) is 6.61. The molecule has 1 atom stereocenters. The molecule has 1 fully saturated rings. The third-order valence-electron chi connectivity index (χ3n) is 6.35. The molecule has 1 unspecified atom stereocenters. The molecule has 4 rings (SSSR count). The maximum atomic E-state index is 13.2. The van der Waals surface area contributed by atoms with Gasteiger partial charge in [-0.1, -0.05) is 38.1 Å². The SMILES string of the molecule is CNC(=O)C1(Cc2ccc(-c3ccncc3)cc2)CCCN1Cc1cnc(C(C)C)nc1. The zero-order valence-electron chi connectivity index (χ0n) is 19.1. The number of amides is 1. The van der Waals surface area contributed by atoms with Crippen LogP contribution in [0.1, 0.15) is 49.6 Å². The Morgan fingerprint density at radius 1 is 1.03 bits per heavy atom. The van der Waals surface area contributed by atoms with Crippen molar-refractivity contribution >= 4 is 5.91 Å². The van der Waals surface area contributed by atoms with Crippen LogP contribution in [0.4, 0.5) is 0 Å². The highest BCUT2D eigenvalue weighted by atomic mass is 16.2. The first-order valence-electron chi connectivity index (χ1n) is 11.3. The largest absolute Gasteiger partial charge is 0.358 e. The summed E-state index contributed by atoms with van der Waals surface area (Å²) in [5.41, 5.74) is 3.92. The Morgan fingerprint density at radius 3 is 2.31 bits per heavy atom. The number of benzene rings is 1. The van der Waals surface area contributed by atoms with Crippen LogP contribution in [-0.2, 0) is 17.8 Å². The van der Waals surface area contributed by atoms with Crippen LogP contribution >= 0.6 is 0 Å². The molecular formula is C26H31N5O. The Hall–Kier alpha value is -3.12. The normalized spacial score (nSPS) is 18.8. The minimum absolute atomic E-state index is 0.0768. The van der Waals surface area contributed by atoms with E-state index in [0.717, 1.165) is 47.5 Å². The maximum absolute atomic E-state index is 13.2. The summed E-state index contributed by atoms with van der Waals surface area (Å²) in [5.74, 6) is 1.23. The van der Waals surface area contributed by atoms with E-state index < -0.39 is 5.54 Å². The average Bonchev–Trinajstić information content (AvgIpc) is 3.22. The van der Waals surface area contributed by atoms with E-state index in [1.165, 1.54) is 0 Å². The molecule has 1 aliphatic rings. The molecule has 0 saturated carbocycles. The standard InChI is InChI=1S/C26H31N5O/c1-19(2)24-29-16-21(17-30-24)18-31-14-4-11-26(31,25(32)27-3)15-20-5-7-22(8-6-20)23-9-12-28-13-10-23/h5-10,12-13,16-17,19H,4,11,14-15,18H2,1-3H3,(H,27,32). The Balaban J connectivity index is 1.56. The minimum Gasteiger partial charge on any atom is -0.358 e. The molecule has 6 nitrogen and oxygen atoms in total. The summed E-state index contributed by atoms with van der Waals surface area (Å²) in [6, 6.07) is 12.5. The number of nitrogens with zero attached hydrogens (tertiary/aromatic N) is 4. The first-order valence-corrected chi connectivity index (χ1v) is 11.3. The molecule has 3 aromatic rings. The van der Waals surface area contributed by atoms with Crippen LogP contribution < -0.4 is 5.32 Å². The van der Waals surface area contributed by atoms with E-state index in [0.29, 0.717) is 18.9 Å². The van der Waals surface area contributed by atoms with Crippen molar-refractivity contribution in [3.05, 3.63) is 78.1 Å². The van der Waals surface area contributed by atoms with Crippen LogP contribution in [-0.4, -0.2) is 44.9 Å². The van der Waals surface area contributed by atoms with Crippen LogP contribution in [0.5, 0.6) is 0 Å². The van der Waals surface area contributed by atoms with Gasteiger partial charge in [-0.3, -0.25) is 14.7 Å². The second-order valence-corrected chi connectivity index (χ2v) is 8.85. The number of pyridine rings is 1. The van der Waals surface area contributed by atoms with Gasteiger partial charge in [-0.15, -0.1) is 0 Å².